The molecule has 2 N–H and O–H groups in total. The molecule has 6 heteroatoms. The van der Waals surface area contributed by atoms with Crippen molar-refractivity contribution in [2.75, 3.05) is 0 Å². The number of carbonyl (C=O) groups is 1. The van der Waals surface area contributed by atoms with Gasteiger partial charge in [0.05, 0.1) is 6.04 Å². The minimum atomic E-state index is -0.332. The first-order valence-corrected chi connectivity index (χ1v) is 7.01. The molecule has 1 amide bonds. The molecular formula is C14H14BrN3O2. The van der Waals surface area contributed by atoms with Crippen LogP contribution in [0.2, 0.25) is 0 Å². The van der Waals surface area contributed by atoms with E-state index in [1.165, 1.54) is 12.1 Å². The van der Waals surface area contributed by atoms with Gasteiger partial charge in [-0.25, -0.2) is 5.10 Å². The quantitative estimate of drug-likeness (QED) is 0.900. The molecule has 0 saturated carbocycles. The number of H-pyrrole nitrogens is 1. The number of hydrogen-bond acceptors (Lipinski definition) is 3. The van der Waals surface area contributed by atoms with Gasteiger partial charge in [-0.3, -0.25) is 9.59 Å². The summed E-state index contributed by atoms with van der Waals surface area (Å²) < 4.78 is 0.990. The third-order valence-corrected chi connectivity index (χ3v) is 3.43. The normalized spacial score (nSPS) is 11.9. The molecular weight excluding hydrogens is 322 g/mol. The molecule has 104 valence electrons. The van der Waals surface area contributed by atoms with E-state index in [2.05, 4.69) is 31.4 Å². The van der Waals surface area contributed by atoms with Crippen LogP contribution in [0.4, 0.5) is 0 Å². The van der Waals surface area contributed by atoms with E-state index < -0.39 is 0 Å². The van der Waals surface area contributed by atoms with Gasteiger partial charge in [-0.2, -0.15) is 5.10 Å². The molecule has 1 heterocycles. The van der Waals surface area contributed by atoms with Crippen LogP contribution in [-0.4, -0.2) is 16.1 Å². The van der Waals surface area contributed by atoms with E-state index in [0.29, 0.717) is 0 Å². The number of hydrogen-bond donors (Lipinski definition) is 2. The van der Waals surface area contributed by atoms with Gasteiger partial charge >= 0.3 is 0 Å². The summed E-state index contributed by atoms with van der Waals surface area (Å²) in [6.07, 6.45) is 0.761. The molecule has 0 aliphatic carbocycles. The lowest BCUT2D eigenvalue weighted by Gasteiger charge is -2.17. The Morgan fingerprint density at radius 3 is 2.55 bits per heavy atom. The number of aromatic amines is 1. The van der Waals surface area contributed by atoms with E-state index in [4.69, 9.17) is 0 Å². The maximum Gasteiger partial charge on any atom is 0.272 e. The summed E-state index contributed by atoms with van der Waals surface area (Å²) in [4.78, 5) is 23.0. The maximum atomic E-state index is 12.1. The van der Waals surface area contributed by atoms with E-state index in [-0.39, 0.29) is 23.2 Å². The first-order valence-electron chi connectivity index (χ1n) is 6.22. The zero-order chi connectivity index (χ0) is 14.5. The number of benzene rings is 1. The van der Waals surface area contributed by atoms with Crippen molar-refractivity contribution in [3.63, 3.8) is 0 Å². The van der Waals surface area contributed by atoms with Crippen molar-refractivity contribution < 1.29 is 4.79 Å². The highest BCUT2D eigenvalue weighted by Crippen LogP contribution is 2.19. The molecule has 2 aromatic rings. The summed E-state index contributed by atoms with van der Waals surface area (Å²) in [6, 6.07) is 10.4. The Morgan fingerprint density at radius 2 is 2.00 bits per heavy atom. The third kappa shape index (κ3) is 3.54. The van der Waals surface area contributed by atoms with Gasteiger partial charge in [0.25, 0.3) is 11.5 Å². The van der Waals surface area contributed by atoms with Crippen LogP contribution in [0, 0.1) is 0 Å². The molecule has 0 spiro atoms. The van der Waals surface area contributed by atoms with Gasteiger partial charge in [0, 0.05) is 10.5 Å². The number of nitrogens with zero attached hydrogens (tertiary/aromatic N) is 1. The highest BCUT2D eigenvalue weighted by atomic mass is 79.9. The maximum absolute atomic E-state index is 12.1. The molecule has 1 atom stereocenters. The zero-order valence-corrected chi connectivity index (χ0v) is 12.5. The van der Waals surface area contributed by atoms with E-state index in [9.17, 15) is 9.59 Å². The zero-order valence-electron chi connectivity index (χ0n) is 10.9. The van der Waals surface area contributed by atoms with Crippen LogP contribution in [0.1, 0.15) is 35.4 Å². The van der Waals surface area contributed by atoms with Gasteiger partial charge in [0.15, 0.2) is 0 Å². The summed E-state index contributed by atoms with van der Waals surface area (Å²) in [5.41, 5.74) is 0.884. The lowest BCUT2D eigenvalue weighted by Crippen LogP contribution is -2.29. The van der Waals surface area contributed by atoms with Crippen molar-refractivity contribution in [1.29, 1.82) is 0 Å². The average Bonchev–Trinajstić information content (AvgIpc) is 2.46. The SMILES string of the molecule is CC[C@H](NC(=O)c1ccc(=O)[nH]n1)c1ccc(Br)cc1. The monoisotopic (exact) mass is 335 g/mol. The van der Waals surface area contributed by atoms with E-state index in [0.717, 1.165) is 16.5 Å². The fourth-order valence-electron chi connectivity index (χ4n) is 1.82. The van der Waals surface area contributed by atoms with Gasteiger partial charge in [-0.05, 0) is 30.2 Å². The summed E-state index contributed by atoms with van der Waals surface area (Å²) >= 11 is 3.38. The van der Waals surface area contributed by atoms with Gasteiger partial charge in [-0.15, -0.1) is 0 Å². The predicted molar refractivity (Wildman–Crippen MR) is 79.5 cm³/mol. The minimum absolute atomic E-state index is 0.0932. The lowest BCUT2D eigenvalue weighted by atomic mass is 10.0. The summed E-state index contributed by atoms with van der Waals surface area (Å²) in [5.74, 6) is -0.309. The molecule has 1 aromatic heterocycles. The Hall–Kier alpha value is -1.95. The topological polar surface area (TPSA) is 74.8 Å². The standard InChI is InChI=1S/C14H14BrN3O2/c1-2-11(9-3-5-10(15)6-4-9)16-14(20)12-7-8-13(19)18-17-12/h3-8,11H,2H2,1H3,(H,16,20)(H,18,19)/t11-/m0/s1. The van der Waals surface area contributed by atoms with Crippen LogP contribution in [0.25, 0.3) is 0 Å². The second kappa shape index (κ2) is 6.47. The average molecular weight is 336 g/mol. The minimum Gasteiger partial charge on any atom is -0.344 e. The molecule has 1 aromatic carbocycles. The number of halogens is 1. The first-order chi connectivity index (χ1) is 9.60. The molecule has 0 fully saturated rings. The Morgan fingerprint density at radius 1 is 1.30 bits per heavy atom. The van der Waals surface area contributed by atoms with Crippen molar-refractivity contribution in [3.05, 3.63) is 62.5 Å². The van der Waals surface area contributed by atoms with E-state index in [1.54, 1.807) is 0 Å². The van der Waals surface area contributed by atoms with Crippen molar-refractivity contribution in [3.8, 4) is 0 Å². The fourth-order valence-corrected chi connectivity index (χ4v) is 2.08. The van der Waals surface area contributed by atoms with Crippen molar-refractivity contribution in [2.45, 2.75) is 19.4 Å². The second-order valence-corrected chi connectivity index (χ2v) is 5.21. The van der Waals surface area contributed by atoms with Gasteiger partial charge in [0.1, 0.15) is 5.69 Å². The fraction of sp³-hybridized carbons (Fsp3) is 0.214. The predicted octanol–water partition coefficient (Wildman–Crippen LogP) is 2.41. The molecule has 0 aliphatic rings. The van der Waals surface area contributed by atoms with Crippen molar-refractivity contribution in [1.82, 2.24) is 15.5 Å². The summed E-state index contributed by atoms with van der Waals surface area (Å²) in [7, 11) is 0. The van der Waals surface area contributed by atoms with Crippen molar-refractivity contribution in [2.24, 2.45) is 0 Å². The highest BCUT2D eigenvalue weighted by Gasteiger charge is 2.15. The number of nitrogens with one attached hydrogen (secondary N) is 2. The summed E-state index contributed by atoms with van der Waals surface area (Å²) in [5, 5.41) is 8.86. The number of amides is 1. The van der Waals surface area contributed by atoms with Gasteiger partial charge in [0.2, 0.25) is 0 Å². The second-order valence-electron chi connectivity index (χ2n) is 4.29. The molecule has 0 saturated heterocycles. The number of carbonyl (C=O) groups excluding carboxylic acids is 1. The van der Waals surface area contributed by atoms with Crippen LogP contribution in [0.15, 0.2) is 45.7 Å². The third-order valence-electron chi connectivity index (χ3n) is 2.90. The number of rotatable bonds is 4. The molecule has 5 nitrogen and oxygen atoms in total. The lowest BCUT2D eigenvalue weighted by molar-refractivity contribution is 0.0929. The Kier molecular flexibility index (Phi) is 4.68. The molecule has 0 unspecified atom stereocenters. The Balaban J connectivity index is 2.13. The Labute approximate surface area is 124 Å². The van der Waals surface area contributed by atoms with Crippen LogP contribution >= 0.6 is 15.9 Å². The van der Waals surface area contributed by atoms with E-state index in [1.807, 2.05) is 31.2 Å². The molecule has 0 radical (unpaired) electrons. The smallest absolute Gasteiger partial charge is 0.272 e. The van der Waals surface area contributed by atoms with Gasteiger partial charge in [-0.1, -0.05) is 35.0 Å². The molecule has 0 bridgehead atoms. The molecule has 20 heavy (non-hydrogen) atoms. The Bertz CT molecular complexity index is 632. The van der Waals surface area contributed by atoms with Crippen LogP contribution in [0.5, 0.6) is 0 Å². The van der Waals surface area contributed by atoms with Crippen LogP contribution < -0.4 is 10.9 Å². The highest BCUT2D eigenvalue weighted by molar-refractivity contribution is 9.10. The largest absolute Gasteiger partial charge is 0.344 e. The number of aromatic nitrogens is 2. The molecule has 2 rings (SSSR count). The molecule has 0 aliphatic heterocycles. The van der Waals surface area contributed by atoms with Gasteiger partial charge < -0.3 is 5.32 Å². The van der Waals surface area contributed by atoms with Crippen LogP contribution in [0.3, 0.4) is 0 Å². The van der Waals surface area contributed by atoms with Crippen LogP contribution in [-0.2, 0) is 0 Å². The first kappa shape index (κ1) is 14.5. The van der Waals surface area contributed by atoms with E-state index >= 15 is 0 Å². The van der Waals surface area contributed by atoms with Crippen molar-refractivity contribution >= 4 is 21.8 Å². The summed E-state index contributed by atoms with van der Waals surface area (Å²) in [6.45, 7) is 1.99.